The molecule has 1 saturated heterocycles. The largest absolute Gasteiger partial charge is 0.303 e. The second-order valence-corrected chi connectivity index (χ2v) is 7.09. The van der Waals surface area contributed by atoms with Gasteiger partial charge in [0.1, 0.15) is 5.78 Å². The van der Waals surface area contributed by atoms with Crippen LogP contribution < -0.4 is 0 Å². The molecule has 2 aliphatic rings. The average molecular weight is 269 g/mol. The van der Waals surface area contributed by atoms with Crippen LogP contribution in [0.5, 0.6) is 0 Å². The van der Waals surface area contributed by atoms with Crippen molar-refractivity contribution in [2.75, 3.05) is 25.9 Å². The van der Waals surface area contributed by atoms with Crippen LogP contribution in [-0.2, 0) is 4.79 Å². The average Bonchev–Trinajstić information content (AvgIpc) is 2.42. The molecule has 1 saturated carbocycles. The molecule has 3 heteroatoms. The van der Waals surface area contributed by atoms with Crippen LogP contribution in [0.1, 0.15) is 45.4 Å². The summed E-state index contributed by atoms with van der Waals surface area (Å²) in [6.45, 7) is 5.70. The lowest BCUT2D eigenvalue weighted by molar-refractivity contribution is -0.126. The molecule has 18 heavy (non-hydrogen) atoms. The third-order valence-electron chi connectivity index (χ3n) is 4.80. The number of hydrogen-bond donors (Lipinski definition) is 0. The van der Waals surface area contributed by atoms with Crippen LogP contribution in [-0.4, -0.2) is 41.8 Å². The molecule has 0 aromatic carbocycles. The second kappa shape index (κ2) is 6.95. The van der Waals surface area contributed by atoms with Crippen molar-refractivity contribution >= 4 is 17.5 Å². The van der Waals surface area contributed by atoms with Gasteiger partial charge in [0.2, 0.25) is 0 Å². The molecule has 1 aliphatic carbocycles. The van der Waals surface area contributed by atoms with Crippen LogP contribution >= 0.6 is 11.8 Å². The summed E-state index contributed by atoms with van der Waals surface area (Å²) in [5.41, 5.74) is 0. The highest BCUT2D eigenvalue weighted by Gasteiger charge is 2.30. The van der Waals surface area contributed by atoms with Crippen LogP contribution in [0.2, 0.25) is 0 Å². The summed E-state index contributed by atoms with van der Waals surface area (Å²) in [6, 6.07) is 0. The van der Waals surface area contributed by atoms with Crippen LogP contribution in [0.3, 0.4) is 0 Å². The zero-order valence-electron chi connectivity index (χ0n) is 11.9. The number of rotatable bonds is 4. The maximum atomic E-state index is 12.0. The summed E-state index contributed by atoms with van der Waals surface area (Å²) in [7, 11) is 0. The lowest BCUT2D eigenvalue weighted by Gasteiger charge is -2.35. The van der Waals surface area contributed by atoms with Crippen molar-refractivity contribution in [1.29, 1.82) is 0 Å². The van der Waals surface area contributed by atoms with E-state index in [0.29, 0.717) is 11.7 Å². The Kier molecular flexibility index (Phi) is 5.56. The van der Waals surface area contributed by atoms with Crippen LogP contribution in [0.15, 0.2) is 0 Å². The van der Waals surface area contributed by atoms with Crippen molar-refractivity contribution in [3.63, 3.8) is 0 Å². The van der Waals surface area contributed by atoms with Crippen molar-refractivity contribution in [3.8, 4) is 0 Å². The monoisotopic (exact) mass is 269 g/mol. The summed E-state index contributed by atoms with van der Waals surface area (Å²) in [4.78, 5) is 14.6. The van der Waals surface area contributed by atoms with E-state index < -0.39 is 0 Å². The number of Topliss-reactive ketones (excluding diaryl/α,β-unsaturated/α-hetero) is 1. The molecule has 0 bridgehead atoms. The first-order chi connectivity index (χ1) is 8.72. The van der Waals surface area contributed by atoms with Gasteiger partial charge in [0, 0.05) is 24.1 Å². The van der Waals surface area contributed by atoms with Gasteiger partial charge in [-0.25, -0.2) is 0 Å². The number of thioether (sulfide) groups is 1. The van der Waals surface area contributed by atoms with Gasteiger partial charge in [-0.15, -0.1) is 0 Å². The third kappa shape index (κ3) is 3.74. The predicted octanol–water partition coefficient (Wildman–Crippen LogP) is 3.21. The Morgan fingerprint density at radius 3 is 2.61 bits per heavy atom. The minimum absolute atomic E-state index is 0.342. The van der Waals surface area contributed by atoms with Gasteiger partial charge in [-0.05, 0) is 50.9 Å². The molecule has 2 unspecified atom stereocenters. The highest BCUT2D eigenvalue weighted by Crippen LogP contribution is 2.30. The number of carbonyl (C=O) groups excluding carboxylic acids is 1. The molecule has 0 amide bonds. The molecule has 104 valence electrons. The topological polar surface area (TPSA) is 20.3 Å². The van der Waals surface area contributed by atoms with Crippen LogP contribution in [0.4, 0.5) is 0 Å². The van der Waals surface area contributed by atoms with E-state index in [1.54, 1.807) is 0 Å². The highest BCUT2D eigenvalue weighted by molar-refractivity contribution is 7.99. The predicted molar refractivity (Wildman–Crippen MR) is 79.1 cm³/mol. The van der Waals surface area contributed by atoms with E-state index >= 15 is 0 Å². The third-order valence-corrected chi connectivity index (χ3v) is 5.93. The fourth-order valence-corrected chi connectivity index (χ4v) is 4.07. The molecule has 2 nitrogen and oxygen atoms in total. The molecular weight excluding hydrogens is 242 g/mol. The Hall–Kier alpha value is -0.0200. The first kappa shape index (κ1) is 14.4. The van der Waals surface area contributed by atoms with Crippen LogP contribution in [0.25, 0.3) is 0 Å². The van der Waals surface area contributed by atoms with Crippen molar-refractivity contribution in [2.24, 2.45) is 11.8 Å². The highest BCUT2D eigenvalue weighted by atomic mass is 32.2. The van der Waals surface area contributed by atoms with Crippen LogP contribution in [0, 0.1) is 11.8 Å². The fourth-order valence-electron chi connectivity index (χ4n) is 3.39. The van der Waals surface area contributed by atoms with Gasteiger partial charge in [-0.3, -0.25) is 4.79 Å². The zero-order chi connectivity index (χ0) is 13.0. The molecule has 1 heterocycles. The van der Waals surface area contributed by atoms with E-state index in [4.69, 9.17) is 0 Å². The molecule has 0 N–H and O–H groups in total. The van der Waals surface area contributed by atoms with Gasteiger partial charge in [-0.2, -0.15) is 11.8 Å². The van der Waals surface area contributed by atoms with E-state index in [0.717, 1.165) is 37.0 Å². The van der Waals surface area contributed by atoms with Gasteiger partial charge in [0.15, 0.2) is 0 Å². The van der Waals surface area contributed by atoms with E-state index in [1.165, 1.54) is 32.4 Å². The van der Waals surface area contributed by atoms with E-state index in [2.05, 4.69) is 18.1 Å². The normalized spacial score (nSPS) is 31.8. The van der Waals surface area contributed by atoms with Gasteiger partial charge in [0.05, 0.1) is 0 Å². The van der Waals surface area contributed by atoms with Gasteiger partial charge < -0.3 is 4.90 Å². The molecular formula is C15H27NOS. The summed E-state index contributed by atoms with van der Waals surface area (Å²) in [6.07, 6.45) is 9.20. The molecule has 0 spiro atoms. The molecule has 0 radical (unpaired) electrons. The summed E-state index contributed by atoms with van der Waals surface area (Å²) >= 11 is 2.00. The second-order valence-electron chi connectivity index (χ2n) is 5.95. The van der Waals surface area contributed by atoms with Crippen molar-refractivity contribution < 1.29 is 4.79 Å². The lowest BCUT2D eigenvalue weighted by atomic mass is 9.79. The maximum Gasteiger partial charge on any atom is 0.137 e. The number of ketones is 1. The molecule has 2 atom stereocenters. The summed E-state index contributed by atoms with van der Waals surface area (Å²) in [5.74, 6) is 1.68. The Morgan fingerprint density at radius 1 is 1.28 bits per heavy atom. The summed E-state index contributed by atoms with van der Waals surface area (Å²) < 4.78 is 0. The van der Waals surface area contributed by atoms with Gasteiger partial charge in [0.25, 0.3) is 0 Å². The van der Waals surface area contributed by atoms with E-state index in [9.17, 15) is 4.79 Å². The van der Waals surface area contributed by atoms with Crippen molar-refractivity contribution in [1.82, 2.24) is 4.90 Å². The zero-order valence-corrected chi connectivity index (χ0v) is 12.7. The molecule has 2 rings (SSSR count). The SMILES string of the molecule is CCC1CCC(=O)C(CN2CCC(SC)CC2)C1. The Morgan fingerprint density at radius 2 is 2.00 bits per heavy atom. The minimum atomic E-state index is 0.342. The number of piperidine rings is 1. The maximum absolute atomic E-state index is 12.0. The first-order valence-corrected chi connectivity index (χ1v) is 8.79. The quantitative estimate of drug-likeness (QED) is 0.781. The van der Waals surface area contributed by atoms with E-state index in [-0.39, 0.29) is 0 Å². The number of nitrogens with zero attached hydrogens (tertiary/aromatic N) is 1. The standard InChI is InChI=1S/C15H27NOS/c1-3-12-4-5-15(17)13(10-12)11-16-8-6-14(18-2)7-9-16/h12-14H,3-11H2,1-2H3. The first-order valence-electron chi connectivity index (χ1n) is 7.50. The minimum Gasteiger partial charge on any atom is -0.303 e. The van der Waals surface area contributed by atoms with Gasteiger partial charge >= 0.3 is 0 Å². The summed E-state index contributed by atoms with van der Waals surface area (Å²) in [5, 5.41) is 0.853. The number of likely N-dealkylation sites (tertiary alicyclic amines) is 1. The Bertz CT molecular complexity index is 274. The van der Waals surface area contributed by atoms with Crippen molar-refractivity contribution in [2.45, 2.75) is 50.7 Å². The Labute approximate surface area is 116 Å². The fraction of sp³-hybridized carbons (Fsp3) is 0.933. The molecule has 0 aromatic rings. The molecule has 0 aromatic heterocycles. The molecule has 1 aliphatic heterocycles. The van der Waals surface area contributed by atoms with E-state index in [1.807, 2.05) is 11.8 Å². The number of hydrogen-bond acceptors (Lipinski definition) is 3. The van der Waals surface area contributed by atoms with Crippen molar-refractivity contribution in [3.05, 3.63) is 0 Å². The Balaban J connectivity index is 1.79. The number of carbonyl (C=O) groups is 1. The lowest BCUT2D eigenvalue weighted by Crippen LogP contribution is -2.41. The molecule has 2 fully saturated rings. The van der Waals surface area contributed by atoms with Gasteiger partial charge in [-0.1, -0.05) is 13.3 Å². The smallest absolute Gasteiger partial charge is 0.137 e.